The summed E-state index contributed by atoms with van der Waals surface area (Å²) < 4.78 is 147. The summed E-state index contributed by atoms with van der Waals surface area (Å²) in [6.07, 6.45) is -10.0. The Kier molecular flexibility index (Phi) is 7.44. The number of ether oxygens (including phenoxy) is 1. The minimum atomic E-state index is -6.92. The van der Waals surface area contributed by atoms with Crippen LogP contribution in [-0.2, 0) is 0 Å². The molecule has 0 unspecified atom stereocenters. The van der Waals surface area contributed by atoms with E-state index in [0.29, 0.717) is 0 Å². The lowest BCUT2D eigenvalue weighted by Crippen LogP contribution is -2.60. The quantitative estimate of drug-likeness (QED) is 0.291. The highest BCUT2D eigenvalue weighted by Gasteiger charge is 2.81. The maximum absolute atomic E-state index is 13.9. The SMILES string of the molecule is Oc1ccc(-c2ccc(OCCCCC(F)(F)C(F)(F)C(F)(F)C(F)(F)F)cc2)c(F)c1F. The van der Waals surface area contributed by atoms with Crippen LogP contribution in [0.25, 0.3) is 11.1 Å². The van der Waals surface area contributed by atoms with Crippen LogP contribution in [-0.4, -0.2) is 35.7 Å². The lowest BCUT2D eigenvalue weighted by Gasteiger charge is -2.33. The lowest BCUT2D eigenvalue weighted by molar-refractivity contribution is -0.396. The molecule has 1 N–H and O–H groups in total. The number of benzene rings is 2. The van der Waals surface area contributed by atoms with Crippen LogP contribution in [0.15, 0.2) is 36.4 Å². The van der Waals surface area contributed by atoms with Gasteiger partial charge < -0.3 is 9.84 Å². The Morgan fingerprint density at radius 3 is 1.82 bits per heavy atom. The molecule has 2 nitrogen and oxygen atoms in total. The Balaban J connectivity index is 1.91. The average molecular weight is 496 g/mol. The topological polar surface area (TPSA) is 29.5 Å². The van der Waals surface area contributed by atoms with Gasteiger partial charge in [-0.05, 0) is 42.7 Å². The first kappa shape index (κ1) is 26.5. The van der Waals surface area contributed by atoms with E-state index in [1.54, 1.807) is 0 Å². The summed E-state index contributed by atoms with van der Waals surface area (Å²) in [5.74, 6) is -22.7. The summed E-state index contributed by atoms with van der Waals surface area (Å²) >= 11 is 0. The molecule has 0 saturated carbocycles. The predicted molar refractivity (Wildman–Crippen MR) is 93.7 cm³/mol. The van der Waals surface area contributed by atoms with E-state index in [1.165, 1.54) is 24.3 Å². The summed E-state index contributed by atoms with van der Waals surface area (Å²) in [6.45, 7) is -0.376. The van der Waals surface area contributed by atoms with Crippen LogP contribution >= 0.6 is 0 Å². The van der Waals surface area contributed by atoms with E-state index in [1.807, 2.05) is 0 Å². The number of unbranched alkanes of at least 4 members (excludes halogenated alkanes) is 1. The fourth-order valence-corrected chi connectivity index (χ4v) is 2.70. The molecule has 0 aliphatic carbocycles. The molecule has 2 aromatic carbocycles. The van der Waals surface area contributed by atoms with Gasteiger partial charge in [0.15, 0.2) is 11.6 Å². The van der Waals surface area contributed by atoms with Crippen LogP contribution in [0.3, 0.4) is 0 Å². The van der Waals surface area contributed by atoms with Crippen molar-refractivity contribution in [2.75, 3.05) is 6.61 Å². The molecule has 0 atom stereocenters. The first-order chi connectivity index (χ1) is 15.0. The average Bonchev–Trinajstić information content (AvgIpc) is 2.71. The Labute approximate surface area is 179 Å². The summed E-state index contributed by atoms with van der Waals surface area (Å²) in [6, 6.07) is 7.17. The standard InChI is InChI=1S/C20H15F11O2/c21-15-13(7-8-14(32)16(15)22)11-3-5-12(6-4-11)33-10-2-1-9-17(23,24)18(25,26)19(27,28)20(29,30)31/h3-8,32H,1-2,9-10H2. The summed E-state index contributed by atoms with van der Waals surface area (Å²) in [4.78, 5) is 0. The van der Waals surface area contributed by atoms with Gasteiger partial charge in [0.1, 0.15) is 5.75 Å². The fourth-order valence-electron chi connectivity index (χ4n) is 2.70. The number of halogens is 11. The molecule has 0 heterocycles. The van der Waals surface area contributed by atoms with Crippen LogP contribution in [0.1, 0.15) is 19.3 Å². The van der Waals surface area contributed by atoms with Crippen LogP contribution in [0, 0.1) is 11.6 Å². The number of phenols is 1. The second-order valence-electron chi connectivity index (χ2n) is 6.94. The number of aromatic hydroxyl groups is 1. The van der Waals surface area contributed by atoms with Gasteiger partial charge in [-0.25, -0.2) is 4.39 Å². The highest BCUT2D eigenvalue weighted by Crippen LogP contribution is 2.54. The van der Waals surface area contributed by atoms with E-state index in [-0.39, 0.29) is 29.9 Å². The molecule has 0 saturated heterocycles. The van der Waals surface area contributed by atoms with Crippen molar-refractivity contribution in [3.05, 3.63) is 48.0 Å². The van der Waals surface area contributed by atoms with Crippen molar-refractivity contribution in [3.8, 4) is 22.6 Å². The van der Waals surface area contributed by atoms with Crippen molar-refractivity contribution in [1.29, 1.82) is 0 Å². The van der Waals surface area contributed by atoms with Gasteiger partial charge in [-0.3, -0.25) is 0 Å². The summed E-state index contributed by atoms with van der Waals surface area (Å²) in [5.41, 5.74) is 0.00175. The second-order valence-corrected chi connectivity index (χ2v) is 6.94. The molecule has 184 valence electrons. The number of alkyl halides is 9. The van der Waals surface area contributed by atoms with Crippen molar-refractivity contribution in [2.24, 2.45) is 0 Å². The number of hydrogen-bond donors (Lipinski definition) is 1. The van der Waals surface area contributed by atoms with Gasteiger partial charge in [0, 0.05) is 12.0 Å². The molecule has 0 radical (unpaired) electrons. The minimum absolute atomic E-state index is 0.0964. The molecule has 0 aromatic heterocycles. The highest BCUT2D eigenvalue weighted by molar-refractivity contribution is 5.66. The zero-order chi connectivity index (χ0) is 25.2. The smallest absolute Gasteiger partial charge is 0.460 e. The molecule has 0 aliphatic rings. The predicted octanol–water partition coefficient (Wildman–Crippen LogP) is 7.35. The third-order valence-corrected chi connectivity index (χ3v) is 4.59. The Morgan fingerprint density at radius 1 is 0.697 bits per heavy atom. The normalized spacial score (nSPS) is 13.3. The molecule has 0 amide bonds. The van der Waals surface area contributed by atoms with Gasteiger partial charge in [0.25, 0.3) is 0 Å². The first-order valence-corrected chi connectivity index (χ1v) is 9.13. The lowest BCUT2D eigenvalue weighted by atomic mass is 9.99. The molecule has 13 heteroatoms. The van der Waals surface area contributed by atoms with Crippen molar-refractivity contribution in [2.45, 2.75) is 43.2 Å². The van der Waals surface area contributed by atoms with Crippen molar-refractivity contribution in [3.63, 3.8) is 0 Å². The third kappa shape index (κ3) is 5.27. The molecular formula is C20H15F11O2. The Morgan fingerprint density at radius 2 is 1.27 bits per heavy atom. The minimum Gasteiger partial charge on any atom is -0.505 e. The van der Waals surface area contributed by atoms with Crippen LogP contribution in [0.5, 0.6) is 11.5 Å². The zero-order valence-electron chi connectivity index (χ0n) is 16.3. The van der Waals surface area contributed by atoms with Crippen molar-refractivity contribution in [1.82, 2.24) is 0 Å². The highest BCUT2D eigenvalue weighted by atomic mass is 19.4. The molecular weight excluding hydrogens is 481 g/mol. The molecule has 0 bridgehead atoms. The van der Waals surface area contributed by atoms with Gasteiger partial charge in [0.05, 0.1) is 6.61 Å². The van der Waals surface area contributed by atoms with Gasteiger partial charge >= 0.3 is 23.9 Å². The number of rotatable bonds is 9. The molecule has 0 fully saturated rings. The molecule has 0 aliphatic heterocycles. The van der Waals surface area contributed by atoms with Crippen LogP contribution in [0.2, 0.25) is 0 Å². The Bertz CT molecular complexity index is 954. The van der Waals surface area contributed by atoms with Crippen molar-refractivity contribution >= 4 is 0 Å². The van der Waals surface area contributed by atoms with E-state index < -0.39 is 54.2 Å². The molecule has 0 spiro atoms. The second kappa shape index (κ2) is 9.26. The molecule has 2 rings (SSSR count). The van der Waals surface area contributed by atoms with E-state index in [4.69, 9.17) is 9.84 Å². The first-order valence-electron chi connectivity index (χ1n) is 9.13. The zero-order valence-corrected chi connectivity index (χ0v) is 16.3. The van der Waals surface area contributed by atoms with Crippen LogP contribution in [0.4, 0.5) is 48.3 Å². The van der Waals surface area contributed by atoms with Crippen molar-refractivity contribution < 1.29 is 58.1 Å². The van der Waals surface area contributed by atoms with E-state index in [9.17, 15) is 48.3 Å². The largest absolute Gasteiger partial charge is 0.505 e. The maximum Gasteiger partial charge on any atom is 0.460 e. The van der Waals surface area contributed by atoms with Gasteiger partial charge in [-0.1, -0.05) is 12.1 Å². The van der Waals surface area contributed by atoms with E-state index >= 15 is 0 Å². The van der Waals surface area contributed by atoms with Gasteiger partial charge in [-0.15, -0.1) is 0 Å². The monoisotopic (exact) mass is 496 g/mol. The fraction of sp³-hybridized carbons (Fsp3) is 0.400. The number of hydrogen-bond acceptors (Lipinski definition) is 2. The van der Waals surface area contributed by atoms with Gasteiger partial charge in [-0.2, -0.15) is 43.9 Å². The molecule has 2 aromatic rings. The van der Waals surface area contributed by atoms with E-state index in [2.05, 4.69) is 0 Å². The molecule has 33 heavy (non-hydrogen) atoms. The van der Waals surface area contributed by atoms with E-state index in [0.717, 1.165) is 12.1 Å². The third-order valence-electron chi connectivity index (χ3n) is 4.59. The Hall–Kier alpha value is -2.73. The maximum atomic E-state index is 13.9. The number of phenolic OH excluding ortho intramolecular Hbond substituents is 1. The summed E-state index contributed by atoms with van der Waals surface area (Å²) in [7, 11) is 0. The van der Waals surface area contributed by atoms with Crippen LogP contribution < -0.4 is 4.74 Å². The summed E-state index contributed by atoms with van der Waals surface area (Å²) in [5, 5.41) is 9.12. The van der Waals surface area contributed by atoms with Gasteiger partial charge in [0.2, 0.25) is 5.82 Å².